The number of nitrogens with one attached hydrogen (secondary N) is 2. The Morgan fingerprint density at radius 1 is 1.12 bits per heavy atom. The Kier molecular flexibility index (Phi) is 4.45. The van der Waals surface area contributed by atoms with Gasteiger partial charge in [-0.1, -0.05) is 70.9 Å². The number of halogens is 1. The first-order chi connectivity index (χ1) is 12.5. The summed E-state index contributed by atoms with van der Waals surface area (Å²) in [5, 5.41) is 14.3. The standard InChI is InChI=1S/C22H22BrN3/c1-14-6-8-16(9-7-14)12-25-22(24)26-13-15(2)21-18-4-3-5-19(23)17(18)10-11-20(21)26/h3-11,15H,12-13H2,1-2H3,(H2,24,25). The molecule has 1 atom stereocenters. The first-order valence-electron chi connectivity index (χ1n) is 8.91. The predicted molar refractivity (Wildman–Crippen MR) is 113 cm³/mol. The van der Waals surface area contributed by atoms with E-state index in [0.717, 1.165) is 16.7 Å². The molecule has 0 saturated heterocycles. The van der Waals surface area contributed by atoms with E-state index in [4.69, 9.17) is 5.41 Å². The molecule has 0 aromatic heterocycles. The van der Waals surface area contributed by atoms with Crippen LogP contribution in [-0.4, -0.2) is 12.5 Å². The zero-order chi connectivity index (χ0) is 18.3. The second kappa shape index (κ2) is 6.76. The van der Waals surface area contributed by atoms with Crippen LogP contribution in [0.1, 0.15) is 29.5 Å². The van der Waals surface area contributed by atoms with E-state index in [9.17, 15) is 0 Å². The molecule has 0 aliphatic carbocycles. The van der Waals surface area contributed by atoms with Crippen LogP contribution < -0.4 is 10.2 Å². The number of nitrogens with zero attached hydrogens (tertiary/aromatic N) is 1. The van der Waals surface area contributed by atoms with E-state index in [-0.39, 0.29) is 0 Å². The first kappa shape index (κ1) is 17.1. The van der Waals surface area contributed by atoms with Crippen LogP contribution in [0.4, 0.5) is 5.69 Å². The minimum absolute atomic E-state index is 0.393. The molecule has 0 saturated carbocycles. The number of guanidine groups is 1. The second-order valence-electron chi connectivity index (χ2n) is 7.03. The number of hydrogen-bond acceptors (Lipinski definition) is 1. The Balaban J connectivity index is 1.60. The summed E-state index contributed by atoms with van der Waals surface area (Å²) < 4.78 is 1.12. The SMILES string of the molecule is Cc1ccc(CNC(=N)N2CC(C)c3c2ccc2c(Br)cccc32)cc1. The third-order valence-corrected chi connectivity index (χ3v) is 5.81. The van der Waals surface area contributed by atoms with Gasteiger partial charge in [-0.3, -0.25) is 5.41 Å². The van der Waals surface area contributed by atoms with Crippen LogP contribution in [0.5, 0.6) is 0 Å². The van der Waals surface area contributed by atoms with Gasteiger partial charge in [-0.05, 0) is 41.0 Å². The van der Waals surface area contributed by atoms with Gasteiger partial charge in [0.2, 0.25) is 0 Å². The number of fused-ring (bicyclic) bond motifs is 3. The largest absolute Gasteiger partial charge is 0.352 e. The highest BCUT2D eigenvalue weighted by atomic mass is 79.9. The maximum absolute atomic E-state index is 8.55. The number of rotatable bonds is 2. The Labute approximate surface area is 162 Å². The Hall–Kier alpha value is -2.33. The summed E-state index contributed by atoms with van der Waals surface area (Å²) in [5.41, 5.74) is 4.93. The fourth-order valence-corrected chi connectivity index (χ4v) is 4.25. The van der Waals surface area contributed by atoms with E-state index >= 15 is 0 Å². The third-order valence-electron chi connectivity index (χ3n) is 5.12. The smallest absolute Gasteiger partial charge is 0.195 e. The summed E-state index contributed by atoms with van der Waals surface area (Å²) in [4.78, 5) is 2.09. The summed E-state index contributed by atoms with van der Waals surface area (Å²) in [6, 6.07) is 19.1. The summed E-state index contributed by atoms with van der Waals surface area (Å²) in [6.45, 7) is 5.83. The molecule has 1 unspecified atom stereocenters. The van der Waals surface area contributed by atoms with Gasteiger partial charge >= 0.3 is 0 Å². The number of anilines is 1. The van der Waals surface area contributed by atoms with Crippen molar-refractivity contribution < 1.29 is 0 Å². The van der Waals surface area contributed by atoms with E-state index in [1.54, 1.807) is 0 Å². The van der Waals surface area contributed by atoms with Crippen molar-refractivity contribution in [3.05, 3.63) is 75.8 Å². The van der Waals surface area contributed by atoms with Crippen molar-refractivity contribution in [2.75, 3.05) is 11.4 Å². The summed E-state index contributed by atoms with van der Waals surface area (Å²) in [6.07, 6.45) is 0. The lowest BCUT2D eigenvalue weighted by molar-refractivity contribution is 0.797. The van der Waals surface area contributed by atoms with Crippen LogP contribution in [-0.2, 0) is 6.54 Å². The second-order valence-corrected chi connectivity index (χ2v) is 7.89. The Bertz CT molecular complexity index is 979. The normalized spacial score (nSPS) is 16.0. The van der Waals surface area contributed by atoms with Crippen molar-refractivity contribution in [2.24, 2.45) is 0 Å². The molecule has 4 heteroatoms. The molecular weight excluding hydrogens is 386 g/mol. The molecule has 26 heavy (non-hydrogen) atoms. The molecule has 132 valence electrons. The van der Waals surface area contributed by atoms with E-state index in [1.807, 2.05) is 0 Å². The third kappa shape index (κ3) is 2.99. The lowest BCUT2D eigenvalue weighted by atomic mass is 9.96. The summed E-state index contributed by atoms with van der Waals surface area (Å²) >= 11 is 3.66. The average molecular weight is 408 g/mol. The van der Waals surface area contributed by atoms with Crippen molar-refractivity contribution >= 4 is 38.3 Å². The molecule has 0 amide bonds. The van der Waals surface area contributed by atoms with Gasteiger partial charge in [0.15, 0.2) is 5.96 Å². The monoisotopic (exact) mass is 407 g/mol. The van der Waals surface area contributed by atoms with Gasteiger partial charge in [-0.2, -0.15) is 0 Å². The maximum atomic E-state index is 8.55. The van der Waals surface area contributed by atoms with Crippen LogP contribution in [0.15, 0.2) is 59.1 Å². The molecule has 3 aromatic rings. The first-order valence-corrected chi connectivity index (χ1v) is 9.70. The van der Waals surface area contributed by atoms with Crippen LogP contribution >= 0.6 is 15.9 Å². The van der Waals surface area contributed by atoms with Crippen molar-refractivity contribution in [1.29, 1.82) is 5.41 Å². The summed E-state index contributed by atoms with van der Waals surface area (Å²) in [7, 11) is 0. The highest BCUT2D eigenvalue weighted by Crippen LogP contribution is 2.42. The van der Waals surface area contributed by atoms with Gasteiger partial charge in [-0.25, -0.2) is 0 Å². The minimum atomic E-state index is 0.393. The van der Waals surface area contributed by atoms with Gasteiger partial charge in [0.05, 0.1) is 0 Å². The molecular formula is C22H22BrN3. The maximum Gasteiger partial charge on any atom is 0.195 e. The highest BCUT2D eigenvalue weighted by molar-refractivity contribution is 9.10. The molecule has 0 radical (unpaired) electrons. The van der Waals surface area contributed by atoms with E-state index in [0.29, 0.717) is 18.4 Å². The molecule has 1 heterocycles. The summed E-state index contributed by atoms with van der Waals surface area (Å²) in [5.74, 6) is 0.857. The van der Waals surface area contributed by atoms with E-state index in [1.165, 1.54) is 27.5 Å². The van der Waals surface area contributed by atoms with Crippen LogP contribution in [0.2, 0.25) is 0 Å². The van der Waals surface area contributed by atoms with E-state index in [2.05, 4.69) is 94.6 Å². The predicted octanol–water partition coefficient (Wildman–Crippen LogP) is 5.56. The minimum Gasteiger partial charge on any atom is -0.352 e. The fourth-order valence-electron chi connectivity index (χ4n) is 3.75. The van der Waals surface area contributed by atoms with Crippen molar-refractivity contribution in [1.82, 2.24) is 5.32 Å². The Morgan fingerprint density at radius 2 is 1.88 bits per heavy atom. The average Bonchev–Trinajstić information content (AvgIpc) is 2.99. The molecule has 0 bridgehead atoms. The molecule has 2 N–H and O–H groups in total. The van der Waals surface area contributed by atoms with E-state index < -0.39 is 0 Å². The van der Waals surface area contributed by atoms with Crippen LogP contribution in [0.3, 0.4) is 0 Å². The van der Waals surface area contributed by atoms with Gasteiger partial charge in [0, 0.05) is 29.2 Å². The molecule has 1 aliphatic rings. The van der Waals surface area contributed by atoms with Crippen molar-refractivity contribution in [3.8, 4) is 0 Å². The van der Waals surface area contributed by atoms with Crippen LogP contribution in [0.25, 0.3) is 10.8 Å². The zero-order valence-corrected chi connectivity index (χ0v) is 16.6. The van der Waals surface area contributed by atoms with Gasteiger partial charge in [0.1, 0.15) is 0 Å². The molecule has 0 spiro atoms. The van der Waals surface area contributed by atoms with Gasteiger partial charge < -0.3 is 10.2 Å². The van der Waals surface area contributed by atoms with Crippen LogP contribution in [0, 0.1) is 12.3 Å². The van der Waals surface area contributed by atoms with Crippen molar-refractivity contribution in [2.45, 2.75) is 26.3 Å². The molecule has 3 nitrogen and oxygen atoms in total. The topological polar surface area (TPSA) is 39.1 Å². The van der Waals surface area contributed by atoms with Gasteiger partial charge in [0.25, 0.3) is 0 Å². The fraction of sp³-hybridized carbons (Fsp3) is 0.227. The van der Waals surface area contributed by atoms with Crippen molar-refractivity contribution in [3.63, 3.8) is 0 Å². The molecule has 0 fully saturated rings. The zero-order valence-electron chi connectivity index (χ0n) is 15.0. The number of benzene rings is 3. The lowest BCUT2D eigenvalue weighted by Gasteiger charge is -2.21. The quantitative estimate of drug-likeness (QED) is 0.431. The highest BCUT2D eigenvalue weighted by Gasteiger charge is 2.29. The molecule has 3 aromatic carbocycles. The molecule has 4 rings (SSSR count). The van der Waals surface area contributed by atoms with Gasteiger partial charge in [-0.15, -0.1) is 0 Å². The number of aryl methyl sites for hydroxylation is 1. The number of hydrogen-bond donors (Lipinski definition) is 2. The Morgan fingerprint density at radius 3 is 2.65 bits per heavy atom. The lowest BCUT2D eigenvalue weighted by Crippen LogP contribution is -2.39. The molecule has 1 aliphatic heterocycles.